The summed E-state index contributed by atoms with van der Waals surface area (Å²) in [5.74, 6) is -2.06. The van der Waals surface area contributed by atoms with Crippen LogP contribution in [0, 0.1) is 5.82 Å². The summed E-state index contributed by atoms with van der Waals surface area (Å²) >= 11 is 0. The number of alkyl halides is 2. The number of aromatic nitrogens is 3. The van der Waals surface area contributed by atoms with Crippen molar-refractivity contribution >= 4 is 34.1 Å². The average Bonchev–Trinajstić information content (AvgIpc) is 3.14. The highest BCUT2D eigenvalue weighted by molar-refractivity contribution is 5.99. The van der Waals surface area contributed by atoms with Crippen molar-refractivity contribution in [3.63, 3.8) is 0 Å². The summed E-state index contributed by atoms with van der Waals surface area (Å²) < 4.78 is 51.8. The van der Waals surface area contributed by atoms with Gasteiger partial charge in [-0.1, -0.05) is 13.3 Å². The molecule has 196 valence electrons. The maximum atomic E-state index is 14.8. The van der Waals surface area contributed by atoms with E-state index in [0.717, 1.165) is 12.5 Å². The molecule has 6 N–H and O–H groups in total. The Kier molecular flexibility index (Phi) is 8.93. The molecule has 3 rings (SSSR count). The summed E-state index contributed by atoms with van der Waals surface area (Å²) in [7, 11) is 1.51. The van der Waals surface area contributed by atoms with Gasteiger partial charge in [0.05, 0.1) is 29.6 Å². The molecule has 10 nitrogen and oxygen atoms in total. The van der Waals surface area contributed by atoms with Gasteiger partial charge in [0.25, 0.3) is 5.91 Å². The number of fused-ring (bicyclic) bond motifs is 1. The van der Waals surface area contributed by atoms with Gasteiger partial charge < -0.3 is 31.6 Å². The molecule has 0 saturated carbocycles. The first-order valence-corrected chi connectivity index (χ1v) is 11.4. The number of carbonyl (C=O) groups excluding carboxylic acids is 1. The molecule has 2 aromatic heterocycles. The number of carbonyl (C=O) groups is 1. The second-order valence-electron chi connectivity index (χ2n) is 8.23. The first-order valence-electron chi connectivity index (χ1n) is 11.4. The third kappa shape index (κ3) is 6.34. The smallest absolute Gasteiger partial charge is 0.388 e. The molecule has 0 radical (unpaired) electrons. The number of ether oxygens (including phenoxy) is 2. The SMILES string of the molecule is CCC[C@@H](Nc1nc(Nc2ccc3c(c2)c(OC(F)F)nn3CCOC)c(C(N)=O)cc1F)[C@H](C)N. The zero-order chi connectivity index (χ0) is 26.4. The van der Waals surface area contributed by atoms with E-state index in [1.807, 2.05) is 6.92 Å². The Balaban J connectivity index is 2.01. The van der Waals surface area contributed by atoms with Gasteiger partial charge in [-0.3, -0.25) is 9.48 Å². The number of nitrogens with two attached hydrogens (primary N) is 2. The maximum absolute atomic E-state index is 14.8. The van der Waals surface area contributed by atoms with Gasteiger partial charge in [-0.25, -0.2) is 9.37 Å². The number of hydrogen-bond acceptors (Lipinski definition) is 8. The molecule has 0 bridgehead atoms. The number of pyridine rings is 1. The lowest BCUT2D eigenvalue weighted by atomic mass is 10.1. The van der Waals surface area contributed by atoms with E-state index < -0.39 is 18.3 Å². The molecule has 0 aliphatic rings. The van der Waals surface area contributed by atoms with Crippen molar-refractivity contribution in [2.24, 2.45) is 11.5 Å². The molecule has 1 aromatic carbocycles. The van der Waals surface area contributed by atoms with E-state index in [0.29, 0.717) is 30.8 Å². The normalized spacial score (nSPS) is 13.1. The Hall–Kier alpha value is -3.58. The first-order chi connectivity index (χ1) is 17.1. The van der Waals surface area contributed by atoms with Crippen LogP contribution in [0.1, 0.15) is 37.0 Å². The van der Waals surface area contributed by atoms with Crippen LogP contribution in [0.5, 0.6) is 5.88 Å². The van der Waals surface area contributed by atoms with Gasteiger partial charge in [-0.15, -0.1) is 5.10 Å². The van der Waals surface area contributed by atoms with Crippen LogP contribution >= 0.6 is 0 Å². The van der Waals surface area contributed by atoms with Crippen molar-refractivity contribution in [3.05, 3.63) is 35.6 Å². The largest absolute Gasteiger partial charge is 0.415 e. The molecule has 0 unspecified atom stereocenters. The van der Waals surface area contributed by atoms with Crippen LogP contribution in [0.25, 0.3) is 10.9 Å². The number of amides is 1. The lowest BCUT2D eigenvalue weighted by Crippen LogP contribution is -2.38. The van der Waals surface area contributed by atoms with E-state index >= 15 is 0 Å². The predicted molar refractivity (Wildman–Crippen MR) is 130 cm³/mol. The van der Waals surface area contributed by atoms with E-state index in [2.05, 4.69) is 25.5 Å². The van der Waals surface area contributed by atoms with Crippen molar-refractivity contribution < 1.29 is 27.4 Å². The molecule has 0 spiro atoms. The zero-order valence-corrected chi connectivity index (χ0v) is 20.2. The molecular formula is C23H30F3N7O3. The number of rotatable bonds is 13. The zero-order valence-electron chi connectivity index (χ0n) is 20.2. The van der Waals surface area contributed by atoms with Gasteiger partial charge in [0.1, 0.15) is 5.82 Å². The molecule has 3 aromatic rings. The average molecular weight is 510 g/mol. The fourth-order valence-electron chi connectivity index (χ4n) is 3.71. The van der Waals surface area contributed by atoms with Gasteiger partial charge in [0.2, 0.25) is 5.88 Å². The number of halogens is 3. The second kappa shape index (κ2) is 11.9. The Morgan fingerprint density at radius 2 is 2.00 bits per heavy atom. The van der Waals surface area contributed by atoms with Crippen molar-refractivity contribution in [2.75, 3.05) is 24.4 Å². The Morgan fingerprint density at radius 3 is 2.61 bits per heavy atom. The van der Waals surface area contributed by atoms with Crippen LogP contribution in [-0.4, -0.2) is 53.1 Å². The van der Waals surface area contributed by atoms with E-state index in [1.165, 1.54) is 17.9 Å². The van der Waals surface area contributed by atoms with Crippen LogP contribution in [0.2, 0.25) is 0 Å². The predicted octanol–water partition coefficient (Wildman–Crippen LogP) is 3.59. The quantitative estimate of drug-likeness (QED) is 0.274. The Bertz CT molecular complexity index is 1200. The van der Waals surface area contributed by atoms with E-state index in [9.17, 15) is 18.0 Å². The second-order valence-corrected chi connectivity index (χ2v) is 8.23. The summed E-state index contributed by atoms with van der Waals surface area (Å²) in [4.78, 5) is 16.3. The van der Waals surface area contributed by atoms with Crippen LogP contribution in [0.4, 0.5) is 30.5 Å². The summed E-state index contributed by atoms with van der Waals surface area (Å²) in [6.45, 7) is 1.31. The highest BCUT2D eigenvalue weighted by atomic mass is 19.3. The number of benzene rings is 1. The fraction of sp³-hybridized carbons (Fsp3) is 0.435. The molecule has 0 saturated heterocycles. The standard InChI is InChI=1S/C23H30F3N7O3/c1-4-5-17(12(2)27)30-21-16(24)11-15(19(28)34)20(31-21)29-13-6-7-18-14(10-13)22(36-23(25)26)32-33(18)8-9-35-3/h6-7,10-12,17,23H,4-5,8-9,27H2,1-3H3,(H2,28,34)(H2,29,30,31)/t12-,17+/m0/s1. The number of primary amides is 1. The van der Waals surface area contributed by atoms with E-state index in [-0.39, 0.29) is 40.5 Å². The van der Waals surface area contributed by atoms with E-state index in [1.54, 1.807) is 19.1 Å². The summed E-state index contributed by atoms with van der Waals surface area (Å²) in [5, 5.41) is 10.3. The van der Waals surface area contributed by atoms with Crippen LogP contribution in [-0.2, 0) is 11.3 Å². The highest BCUT2D eigenvalue weighted by Gasteiger charge is 2.21. The molecule has 13 heteroatoms. The lowest BCUT2D eigenvalue weighted by molar-refractivity contribution is -0.0523. The summed E-state index contributed by atoms with van der Waals surface area (Å²) in [6.07, 6.45) is 1.49. The Morgan fingerprint density at radius 1 is 1.25 bits per heavy atom. The fourth-order valence-corrected chi connectivity index (χ4v) is 3.71. The van der Waals surface area contributed by atoms with Gasteiger partial charge >= 0.3 is 6.61 Å². The first kappa shape index (κ1) is 27.0. The minimum absolute atomic E-state index is 0.0197. The molecule has 2 atom stereocenters. The molecular weight excluding hydrogens is 479 g/mol. The van der Waals surface area contributed by atoms with Crippen LogP contribution in [0.15, 0.2) is 24.3 Å². The maximum Gasteiger partial charge on any atom is 0.388 e. The van der Waals surface area contributed by atoms with Crippen molar-refractivity contribution in [2.45, 2.75) is 51.9 Å². The number of nitrogens with zero attached hydrogens (tertiary/aromatic N) is 3. The van der Waals surface area contributed by atoms with Crippen LogP contribution in [0.3, 0.4) is 0 Å². The third-order valence-electron chi connectivity index (χ3n) is 5.49. The number of anilines is 3. The van der Waals surface area contributed by atoms with Crippen LogP contribution < -0.4 is 26.8 Å². The molecule has 36 heavy (non-hydrogen) atoms. The third-order valence-corrected chi connectivity index (χ3v) is 5.49. The molecule has 1 amide bonds. The Labute approximate surface area is 206 Å². The number of hydrogen-bond donors (Lipinski definition) is 4. The minimum Gasteiger partial charge on any atom is -0.415 e. The molecule has 2 heterocycles. The van der Waals surface area contributed by atoms with Gasteiger partial charge in [0, 0.05) is 24.9 Å². The van der Waals surface area contributed by atoms with Gasteiger partial charge in [-0.05, 0) is 37.6 Å². The van der Waals surface area contributed by atoms with E-state index in [4.69, 9.17) is 16.2 Å². The molecule has 0 aliphatic carbocycles. The summed E-state index contributed by atoms with van der Waals surface area (Å²) in [5.41, 5.74) is 12.2. The van der Waals surface area contributed by atoms with Crippen molar-refractivity contribution in [1.82, 2.24) is 14.8 Å². The lowest BCUT2D eigenvalue weighted by Gasteiger charge is -2.23. The van der Waals surface area contributed by atoms with Crippen molar-refractivity contribution in [1.29, 1.82) is 0 Å². The topological polar surface area (TPSA) is 142 Å². The molecule has 0 aliphatic heterocycles. The van der Waals surface area contributed by atoms with Crippen molar-refractivity contribution in [3.8, 4) is 5.88 Å². The minimum atomic E-state index is -3.08. The summed E-state index contributed by atoms with van der Waals surface area (Å²) in [6, 6.07) is 5.21. The number of nitrogens with one attached hydrogen (secondary N) is 2. The van der Waals surface area contributed by atoms with Gasteiger partial charge in [-0.2, -0.15) is 8.78 Å². The highest BCUT2D eigenvalue weighted by Crippen LogP contribution is 2.31. The molecule has 0 fully saturated rings. The monoisotopic (exact) mass is 509 g/mol. The van der Waals surface area contributed by atoms with Gasteiger partial charge in [0.15, 0.2) is 11.6 Å². The number of methoxy groups -OCH3 is 1.